The number of aliphatic carboxylic acids is 1. The van der Waals surface area contributed by atoms with Gasteiger partial charge in [0.15, 0.2) is 0 Å². The Hall–Kier alpha value is -1.62. The summed E-state index contributed by atoms with van der Waals surface area (Å²) in [7, 11) is 0. The zero-order chi connectivity index (χ0) is 14.8. The van der Waals surface area contributed by atoms with Crippen molar-refractivity contribution in [3.63, 3.8) is 0 Å². The molecule has 0 aliphatic carbocycles. The monoisotopic (exact) mass is 287 g/mol. The van der Waals surface area contributed by atoms with Gasteiger partial charge in [0.05, 0.1) is 10.6 Å². The van der Waals surface area contributed by atoms with Crippen LogP contribution in [0.15, 0.2) is 18.2 Å². The van der Waals surface area contributed by atoms with Crippen molar-refractivity contribution in [2.24, 2.45) is 5.41 Å². The summed E-state index contributed by atoms with van der Waals surface area (Å²) in [5.41, 5.74) is -0.618. The Bertz CT molecular complexity index is 511. The van der Waals surface area contributed by atoms with E-state index in [1.807, 2.05) is 0 Å². The van der Waals surface area contributed by atoms with Crippen LogP contribution in [0.5, 0.6) is 0 Å². The molecule has 4 nitrogen and oxygen atoms in total. The van der Waals surface area contributed by atoms with Gasteiger partial charge in [-0.25, -0.2) is 9.18 Å². The summed E-state index contributed by atoms with van der Waals surface area (Å²) < 4.78 is 12.9. The zero-order valence-corrected chi connectivity index (χ0v) is 11.6. The summed E-state index contributed by atoms with van der Waals surface area (Å²) in [6.07, 6.45) is 0. The fourth-order valence-corrected chi connectivity index (χ4v) is 1.78. The molecule has 0 bridgehead atoms. The molecule has 104 valence electrons. The highest BCUT2D eigenvalue weighted by atomic mass is 35.5. The van der Waals surface area contributed by atoms with Crippen LogP contribution in [0, 0.1) is 11.2 Å². The Morgan fingerprint density at radius 3 is 2.37 bits per heavy atom. The quantitative estimate of drug-likeness (QED) is 0.898. The Labute approximate surface area is 115 Å². The number of amides is 1. The van der Waals surface area contributed by atoms with Crippen molar-refractivity contribution in [3.8, 4) is 0 Å². The number of halogens is 2. The first-order chi connectivity index (χ1) is 8.62. The molecule has 0 fully saturated rings. The lowest BCUT2D eigenvalue weighted by molar-refractivity contribution is -0.142. The van der Waals surface area contributed by atoms with Crippen LogP contribution in [0.2, 0.25) is 5.02 Å². The predicted molar refractivity (Wildman–Crippen MR) is 69.8 cm³/mol. The van der Waals surface area contributed by atoms with E-state index in [9.17, 15) is 14.0 Å². The molecule has 0 spiro atoms. The van der Waals surface area contributed by atoms with E-state index in [4.69, 9.17) is 16.7 Å². The Balaban J connectivity index is 2.98. The summed E-state index contributed by atoms with van der Waals surface area (Å²) in [4.78, 5) is 23.1. The molecule has 0 heterocycles. The molecule has 1 aromatic carbocycles. The number of nitrogens with one attached hydrogen (secondary N) is 1. The molecule has 1 unspecified atom stereocenters. The third kappa shape index (κ3) is 3.92. The average molecular weight is 288 g/mol. The highest BCUT2D eigenvalue weighted by molar-refractivity contribution is 6.33. The summed E-state index contributed by atoms with van der Waals surface area (Å²) in [5.74, 6) is -2.35. The molecular weight excluding hydrogens is 273 g/mol. The van der Waals surface area contributed by atoms with Crippen LogP contribution >= 0.6 is 11.6 Å². The van der Waals surface area contributed by atoms with Gasteiger partial charge in [0.1, 0.15) is 11.9 Å². The van der Waals surface area contributed by atoms with E-state index in [1.165, 1.54) is 6.07 Å². The number of rotatable bonds is 3. The van der Waals surface area contributed by atoms with Gasteiger partial charge in [-0.2, -0.15) is 0 Å². The number of carboxylic acid groups (broad SMARTS) is 1. The van der Waals surface area contributed by atoms with Gasteiger partial charge in [0.2, 0.25) is 0 Å². The molecule has 6 heteroatoms. The van der Waals surface area contributed by atoms with Crippen LogP contribution in [0.4, 0.5) is 4.39 Å². The lowest BCUT2D eigenvalue weighted by atomic mass is 9.86. The van der Waals surface area contributed by atoms with Crippen LogP contribution < -0.4 is 5.32 Å². The molecule has 1 aromatic rings. The second-order valence-corrected chi connectivity index (χ2v) is 5.64. The van der Waals surface area contributed by atoms with Crippen LogP contribution in [-0.4, -0.2) is 23.0 Å². The minimum Gasteiger partial charge on any atom is -0.480 e. The molecule has 0 aliphatic rings. The van der Waals surface area contributed by atoms with E-state index in [-0.39, 0.29) is 10.6 Å². The van der Waals surface area contributed by atoms with Gasteiger partial charge in [-0.1, -0.05) is 32.4 Å². The smallest absolute Gasteiger partial charge is 0.326 e. The predicted octanol–water partition coefficient (Wildman–Crippen LogP) is 2.71. The van der Waals surface area contributed by atoms with Crippen molar-refractivity contribution in [2.45, 2.75) is 26.8 Å². The first kappa shape index (κ1) is 15.4. The maximum Gasteiger partial charge on any atom is 0.326 e. The summed E-state index contributed by atoms with van der Waals surface area (Å²) in [6.45, 7) is 5.08. The van der Waals surface area contributed by atoms with Gasteiger partial charge in [-0.05, 0) is 23.6 Å². The second-order valence-electron chi connectivity index (χ2n) is 5.23. The van der Waals surface area contributed by atoms with Gasteiger partial charge < -0.3 is 10.4 Å². The Kier molecular flexibility index (Phi) is 4.52. The van der Waals surface area contributed by atoms with Crippen LogP contribution in [-0.2, 0) is 4.79 Å². The molecular formula is C13H15ClFNO3. The average Bonchev–Trinajstić information content (AvgIpc) is 2.23. The minimum atomic E-state index is -1.14. The molecule has 1 rings (SSSR count). The lowest BCUT2D eigenvalue weighted by Crippen LogP contribution is -2.49. The van der Waals surface area contributed by atoms with E-state index >= 15 is 0 Å². The van der Waals surface area contributed by atoms with Crippen molar-refractivity contribution < 1.29 is 19.1 Å². The number of hydrogen-bond acceptors (Lipinski definition) is 2. The topological polar surface area (TPSA) is 66.4 Å². The first-order valence-electron chi connectivity index (χ1n) is 5.61. The van der Waals surface area contributed by atoms with E-state index in [1.54, 1.807) is 20.8 Å². The molecule has 2 N–H and O–H groups in total. The number of carboxylic acids is 1. The fourth-order valence-electron chi connectivity index (χ4n) is 1.53. The molecule has 0 saturated heterocycles. The van der Waals surface area contributed by atoms with Crippen molar-refractivity contribution in [1.82, 2.24) is 5.32 Å². The standard InChI is InChI=1S/C13H15ClFNO3/c1-13(2,3)10(12(18)19)16-11(17)8-5-4-7(15)6-9(8)14/h4-6,10H,1-3H3,(H,16,17)(H,18,19). The largest absolute Gasteiger partial charge is 0.480 e. The van der Waals surface area contributed by atoms with Gasteiger partial charge in [0, 0.05) is 0 Å². The van der Waals surface area contributed by atoms with Crippen molar-refractivity contribution in [2.75, 3.05) is 0 Å². The Morgan fingerprint density at radius 1 is 1.37 bits per heavy atom. The third-order valence-electron chi connectivity index (χ3n) is 2.56. The van der Waals surface area contributed by atoms with Crippen LogP contribution in [0.3, 0.4) is 0 Å². The van der Waals surface area contributed by atoms with E-state index in [2.05, 4.69) is 5.32 Å². The molecule has 1 amide bonds. The van der Waals surface area contributed by atoms with E-state index in [0.717, 1.165) is 12.1 Å². The molecule has 1 atom stereocenters. The van der Waals surface area contributed by atoms with Gasteiger partial charge >= 0.3 is 5.97 Å². The lowest BCUT2D eigenvalue weighted by Gasteiger charge is -2.27. The number of carbonyl (C=O) groups excluding carboxylic acids is 1. The van der Waals surface area contributed by atoms with Gasteiger partial charge in [0.25, 0.3) is 5.91 Å². The molecule has 0 aromatic heterocycles. The first-order valence-corrected chi connectivity index (χ1v) is 5.99. The minimum absolute atomic E-state index is 0.0403. The fraction of sp³-hybridized carbons (Fsp3) is 0.385. The molecule has 0 aliphatic heterocycles. The van der Waals surface area contributed by atoms with Crippen molar-refractivity contribution in [1.29, 1.82) is 0 Å². The summed E-state index contributed by atoms with van der Waals surface area (Å²) >= 11 is 5.75. The van der Waals surface area contributed by atoms with Crippen molar-refractivity contribution in [3.05, 3.63) is 34.6 Å². The molecule has 19 heavy (non-hydrogen) atoms. The normalized spacial score (nSPS) is 12.9. The Morgan fingerprint density at radius 2 is 1.95 bits per heavy atom. The van der Waals surface area contributed by atoms with Gasteiger partial charge in [-0.15, -0.1) is 0 Å². The highest BCUT2D eigenvalue weighted by Crippen LogP contribution is 2.22. The maximum atomic E-state index is 12.9. The van der Waals surface area contributed by atoms with Crippen LogP contribution in [0.1, 0.15) is 31.1 Å². The van der Waals surface area contributed by atoms with E-state index < -0.39 is 29.2 Å². The second kappa shape index (κ2) is 5.57. The number of carbonyl (C=O) groups is 2. The number of benzene rings is 1. The maximum absolute atomic E-state index is 12.9. The molecule has 0 radical (unpaired) electrons. The van der Waals surface area contributed by atoms with Crippen molar-refractivity contribution >= 4 is 23.5 Å². The molecule has 0 saturated carbocycles. The third-order valence-corrected chi connectivity index (χ3v) is 2.88. The van der Waals surface area contributed by atoms with E-state index in [0.29, 0.717) is 0 Å². The van der Waals surface area contributed by atoms with Crippen LogP contribution in [0.25, 0.3) is 0 Å². The number of hydrogen-bond donors (Lipinski definition) is 2. The highest BCUT2D eigenvalue weighted by Gasteiger charge is 2.33. The zero-order valence-electron chi connectivity index (χ0n) is 10.8. The summed E-state index contributed by atoms with van der Waals surface area (Å²) in [6, 6.07) is 2.24. The summed E-state index contributed by atoms with van der Waals surface area (Å²) in [5, 5.41) is 11.4. The SMILES string of the molecule is CC(C)(C)C(NC(=O)c1ccc(F)cc1Cl)C(=O)O. The van der Waals surface area contributed by atoms with Gasteiger partial charge in [-0.3, -0.25) is 4.79 Å².